The zero-order chi connectivity index (χ0) is 17.3. The van der Waals surface area contributed by atoms with E-state index in [1.807, 2.05) is 0 Å². The van der Waals surface area contributed by atoms with Crippen LogP contribution >= 0.6 is 11.6 Å². The van der Waals surface area contributed by atoms with Crippen molar-refractivity contribution in [3.8, 4) is 0 Å². The van der Waals surface area contributed by atoms with Crippen LogP contribution in [-0.2, 0) is 14.8 Å². The topological polar surface area (TPSA) is 96.4 Å². The number of aliphatic carboxylic acids is 1. The van der Waals surface area contributed by atoms with E-state index >= 15 is 0 Å². The Hall–Kier alpha value is -1.70. The fourth-order valence-corrected chi connectivity index (χ4v) is 4.76. The molecule has 8 heteroatoms. The zero-order valence-electron chi connectivity index (χ0n) is 12.8. The minimum atomic E-state index is -3.76. The molecule has 0 radical (unpaired) electrons. The van der Waals surface area contributed by atoms with Crippen LogP contribution in [0.1, 0.15) is 25.7 Å². The first-order valence-corrected chi connectivity index (χ1v) is 9.53. The van der Waals surface area contributed by atoms with Gasteiger partial charge in [-0.05, 0) is 37.8 Å². The van der Waals surface area contributed by atoms with Gasteiger partial charge in [-0.15, -0.1) is 0 Å². The molecule has 1 heterocycles. The van der Waals surface area contributed by atoms with Gasteiger partial charge in [0.2, 0.25) is 10.0 Å². The van der Waals surface area contributed by atoms with Crippen LogP contribution < -0.4 is 4.72 Å². The highest BCUT2D eigenvalue weighted by Gasteiger charge is 2.29. The number of nitrogens with one attached hydrogen (secondary N) is 1. The number of rotatable bonds is 4. The molecule has 24 heavy (non-hydrogen) atoms. The fraction of sp³-hybridized carbons (Fsp3) is 0.375. The van der Waals surface area contributed by atoms with Crippen molar-refractivity contribution in [1.82, 2.24) is 9.71 Å². The average molecular weight is 369 g/mol. The summed E-state index contributed by atoms with van der Waals surface area (Å²) in [6, 6.07) is 6.20. The second-order valence-electron chi connectivity index (χ2n) is 5.95. The molecule has 0 saturated heterocycles. The maximum atomic E-state index is 12.7. The number of fused-ring (bicyclic) bond motifs is 1. The van der Waals surface area contributed by atoms with Gasteiger partial charge in [-0.2, -0.15) is 0 Å². The van der Waals surface area contributed by atoms with Crippen LogP contribution in [0.2, 0.25) is 5.02 Å². The number of hydrogen-bond donors (Lipinski definition) is 2. The van der Waals surface area contributed by atoms with Gasteiger partial charge in [0.1, 0.15) is 4.90 Å². The molecule has 1 saturated carbocycles. The van der Waals surface area contributed by atoms with E-state index in [1.54, 1.807) is 18.2 Å². The Bertz CT molecular complexity index is 877. The Kier molecular flexibility index (Phi) is 4.76. The number of carboxylic acids is 1. The van der Waals surface area contributed by atoms with E-state index < -0.39 is 16.0 Å². The quantitative estimate of drug-likeness (QED) is 0.864. The number of halogens is 1. The molecular formula is C16H17ClN2O4S. The first kappa shape index (κ1) is 17.1. The molecular weight excluding hydrogens is 352 g/mol. The van der Waals surface area contributed by atoms with Crippen molar-refractivity contribution in [1.29, 1.82) is 0 Å². The molecule has 1 fully saturated rings. The second kappa shape index (κ2) is 6.66. The third kappa shape index (κ3) is 3.38. The molecule has 2 N–H and O–H groups in total. The number of sulfonamides is 1. The van der Waals surface area contributed by atoms with E-state index in [1.165, 1.54) is 12.3 Å². The number of nitrogens with zero attached hydrogens (tertiary/aromatic N) is 1. The van der Waals surface area contributed by atoms with Crippen LogP contribution in [0.3, 0.4) is 0 Å². The highest BCUT2D eigenvalue weighted by molar-refractivity contribution is 7.89. The van der Waals surface area contributed by atoms with E-state index in [-0.39, 0.29) is 16.9 Å². The lowest BCUT2D eigenvalue weighted by atomic mass is 9.87. The molecule has 0 amide bonds. The Morgan fingerprint density at radius 3 is 2.58 bits per heavy atom. The predicted molar refractivity (Wildman–Crippen MR) is 90.5 cm³/mol. The summed E-state index contributed by atoms with van der Waals surface area (Å²) in [4.78, 5) is 15.2. The Morgan fingerprint density at radius 2 is 1.92 bits per heavy atom. The summed E-state index contributed by atoms with van der Waals surface area (Å²) in [6.07, 6.45) is 3.44. The summed E-state index contributed by atoms with van der Waals surface area (Å²) in [5.41, 5.74) is 0.330. The SMILES string of the molecule is O=C(O)C1CCC(NS(=O)(=O)c2cccc3c(Cl)ccnc23)CC1. The molecule has 1 aliphatic carbocycles. The Labute approximate surface area is 144 Å². The van der Waals surface area contributed by atoms with Crippen molar-refractivity contribution in [2.75, 3.05) is 0 Å². The molecule has 1 aromatic heterocycles. The molecule has 0 spiro atoms. The summed E-state index contributed by atoms with van der Waals surface area (Å²) in [5, 5.41) is 10.0. The normalized spacial score (nSPS) is 21.7. The molecule has 0 unspecified atom stereocenters. The summed E-state index contributed by atoms with van der Waals surface area (Å²) in [6.45, 7) is 0. The van der Waals surface area contributed by atoms with Crippen molar-refractivity contribution >= 4 is 38.5 Å². The van der Waals surface area contributed by atoms with Gasteiger partial charge in [0.05, 0.1) is 16.5 Å². The molecule has 0 bridgehead atoms. The van der Waals surface area contributed by atoms with Gasteiger partial charge in [-0.3, -0.25) is 9.78 Å². The van der Waals surface area contributed by atoms with Crippen molar-refractivity contribution < 1.29 is 18.3 Å². The Balaban J connectivity index is 1.85. The van der Waals surface area contributed by atoms with E-state index in [0.29, 0.717) is 41.6 Å². The van der Waals surface area contributed by atoms with Crippen molar-refractivity contribution in [3.63, 3.8) is 0 Å². The predicted octanol–water partition coefficient (Wildman–Crippen LogP) is 2.81. The van der Waals surface area contributed by atoms with Gasteiger partial charge < -0.3 is 5.11 Å². The standard InChI is InChI=1S/C16H17ClN2O4S/c17-13-8-9-18-15-12(13)2-1-3-14(15)24(22,23)19-11-6-4-10(5-7-11)16(20)21/h1-3,8-11,19H,4-7H2,(H,20,21). The monoisotopic (exact) mass is 368 g/mol. The first-order valence-electron chi connectivity index (χ1n) is 7.67. The molecule has 0 aliphatic heterocycles. The Morgan fingerprint density at radius 1 is 1.21 bits per heavy atom. The lowest BCUT2D eigenvalue weighted by Crippen LogP contribution is -2.38. The van der Waals surface area contributed by atoms with Crippen LogP contribution in [0.15, 0.2) is 35.4 Å². The molecule has 2 aromatic rings. The van der Waals surface area contributed by atoms with Crippen molar-refractivity contribution in [3.05, 3.63) is 35.5 Å². The van der Waals surface area contributed by atoms with E-state index in [0.717, 1.165) is 0 Å². The van der Waals surface area contributed by atoms with Crippen LogP contribution in [0.5, 0.6) is 0 Å². The smallest absolute Gasteiger partial charge is 0.306 e. The lowest BCUT2D eigenvalue weighted by molar-refractivity contribution is -0.142. The summed E-state index contributed by atoms with van der Waals surface area (Å²) in [7, 11) is -3.76. The highest BCUT2D eigenvalue weighted by atomic mass is 35.5. The number of hydrogen-bond acceptors (Lipinski definition) is 4. The van der Waals surface area contributed by atoms with Crippen LogP contribution in [0.4, 0.5) is 0 Å². The summed E-state index contributed by atoms with van der Waals surface area (Å²) in [5.74, 6) is -1.20. The molecule has 6 nitrogen and oxygen atoms in total. The van der Waals surface area contributed by atoms with Gasteiger partial charge in [0.15, 0.2) is 0 Å². The van der Waals surface area contributed by atoms with E-state index in [2.05, 4.69) is 9.71 Å². The fourth-order valence-electron chi connectivity index (χ4n) is 3.07. The number of carboxylic acid groups (broad SMARTS) is 1. The molecule has 3 rings (SSSR count). The second-order valence-corrected chi connectivity index (χ2v) is 8.04. The third-order valence-corrected chi connectivity index (χ3v) is 6.25. The van der Waals surface area contributed by atoms with Gasteiger partial charge in [-0.25, -0.2) is 13.1 Å². The molecule has 128 valence electrons. The van der Waals surface area contributed by atoms with Crippen LogP contribution in [0.25, 0.3) is 10.9 Å². The lowest BCUT2D eigenvalue weighted by Gasteiger charge is -2.26. The minimum Gasteiger partial charge on any atom is -0.481 e. The number of carbonyl (C=O) groups is 1. The third-order valence-electron chi connectivity index (χ3n) is 4.37. The van der Waals surface area contributed by atoms with Crippen molar-refractivity contribution in [2.24, 2.45) is 5.92 Å². The largest absolute Gasteiger partial charge is 0.481 e. The van der Waals surface area contributed by atoms with Crippen molar-refractivity contribution in [2.45, 2.75) is 36.6 Å². The first-order chi connectivity index (χ1) is 11.4. The van der Waals surface area contributed by atoms with Crippen LogP contribution in [-0.4, -0.2) is 30.5 Å². The van der Waals surface area contributed by atoms with Gasteiger partial charge in [0.25, 0.3) is 0 Å². The zero-order valence-corrected chi connectivity index (χ0v) is 14.3. The summed E-state index contributed by atoms with van der Waals surface area (Å²) < 4.78 is 28.1. The summed E-state index contributed by atoms with van der Waals surface area (Å²) >= 11 is 6.11. The number of benzene rings is 1. The van der Waals surface area contributed by atoms with Gasteiger partial charge >= 0.3 is 5.97 Å². The number of aromatic nitrogens is 1. The average Bonchev–Trinajstić information content (AvgIpc) is 2.55. The maximum Gasteiger partial charge on any atom is 0.306 e. The van der Waals surface area contributed by atoms with E-state index in [9.17, 15) is 13.2 Å². The number of pyridine rings is 1. The molecule has 1 aromatic carbocycles. The maximum absolute atomic E-state index is 12.7. The molecule has 0 atom stereocenters. The van der Waals surface area contributed by atoms with E-state index in [4.69, 9.17) is 16.7 Å². The molecule has 1 aliphatic rings. The highest BCUT2D eigenvalue weighted by Crippen LogP contribution is 2.29. The van der Waals surface area contributed by atoms with Crippen LogP contribution in [0, 0.1) is 5.92 Å². The van der Waals surface area contributed by atoms with Gasteiger partial charge in [-0.1, -0.05) is 23.7 Å². The van der Waals surface area contributed by atoms with Gasteiger partial charge in [0, 0.05) is 17.6 Å². The number of para-hydroxylation sites is 1. The minimum absolute atomic E-state index is 0.0860.